The summed E-state index contributed by atoms with van der Waals surface area (Å²) in [5, 5.41) is 1.82. The minimum atomic E-state index is -3.25. The Balaban J connectivity index is 1.95. The molecule has 0 radical (unpaired) electrons. The average Bonchev–Trinajstić information content (AvgIpc) is 2.98. The second kappa shape index (κ2) is 4.97. The molecule has 0 unspecified atom stereocenters. The number of imidazole rings is 1. The van der Waals surface area contributed by atoms with Gasteiger partial charge in [-0.3, -0.25) is 9.20 Å². The number of carbonyl (C=O) groups excluding carboxylic acids is 1. The van der Waals surface area contributed by atoms with Gasteiger partial charge in [0.1, 0.15) is 5.75 Å². The van der Waals surface area contributed by atoms with Gasteiger partial charge in [0.15, 0.2) is 26.8 Å². The smallest absolute Gasteiger partial charge is 0.250 e. The third-order valence-electron chi connectivity index (χ3n) is 2.84. The van der Waals surface area contributed by atoms with Crippen LogP contribution in [0.3, 0.4) is 0 Å². The van der Waals surface area contributed by atoms with Crippen molar-refractivity contribution in [3.05, 3.63) is 41.5 Å². The normalized spacial score (nSPS) is 11.7. The van der Waals surface area contributed by atoms with Gasteiger partial charge < -0.3 is 4.74 Å². The van der Waals surface area contributed by atoms with Gasteiger partial charge in [-0.05, 0) is 24.3 Å². The van der Waals surface area contributed by atoms with Crippen molar-refractivity contribution in [1.29, 1.82) is 0 Å². The molecule has 21 heavy (non-hydrogen) atoms. The summed E-state index contributed by atoms with van der Waals surface area (Å²) in [5.74, 6) is 0.611. The van der Waals surface area contributed by atoms with Crippen LogP contribution < -0.4 is 4.74 Å². The summed E-state index contributed by atoms with van der Waals surface area (Å²) >= 11 is 1.39. The van der Waals surface area contributed by atoms with Gasteiger partial charge in [-0.15, -0.1) is 11.3 Å². The molecule has 0 aliphatic heterocycles. The summed E-state index contributed by atoms with van der Waals surface area (Å²) in [6.45, 7) is 0. The maximum absolute atomic E-state index is 11.4. The molecule has 0 amide bonds. The second-order valence-corrected chi connectivity index (χ2v) is 7.21. The maximum Gasteiger partial charge on any atom is 0.250 e. The Kier molecular flexibility index (Phi) is 3.26. The van der Waals surface area contributed by atoms with Gasteiger partial charge in [0.25, 0.3) is 0 Å². The number of benzene rings is 1. The molecule has 0 bridgehead atoms. The molecule has 0 saturated carbocycles. The highest BCUT2D eigenvalue weighted by Gasteiger charge is 2.15. The zero-order valence-corrected chi connectivity index (χ0v) is 12.5. The fourth-order valence-electron chi connectivity index (χ4n) is 1.83. The molecule has 0 aliphatic carbocycles. The van der Waals surface area contributed by atoms with Crippen molar-refractivity contribution in [1.82, 2.24) is 9.38 Å². The number of rotatable bonds is 4. The zero-order valence-electron chi connectivity index (χ0n) is 10.9. The van der Waals surface area contributed by atoms with E-state index >= 15 is 0 Å². The summed E-state index contributed by atoms with van der Waals surface area (Å²) in [6, 6.07) is 5.95. The van der Waals surface area contributed by atoms with Crippen LogP contribution in [0, 0.1) is 0 Å². The van der Waals surface area contributed by atoms with E-state index in [1.165, 1.54) is 35.6 Å². The number of fused-ring (bicyclic) bond motifs is 1. The van der Waals surface area contributed by atoms with E-state index in [0.29, 0.717) is 22.7 Å². The molecular weight excluding hydrogens is 312 g/mol. The van der Waals surface area contributed by atoms with Crippen molar-refractivity contribution >= 4 is 32.4 Å². The highest BCUT2D eigenvalue weighted by atomic mass is 32.2. The molecule has 0 fully saturated rings. The molecule has 0 atom stereocenters. The van der Waals surface area contributed by atoms with Crippen LogP contribution in [-0.2, 0) is 9.84 Å². The Morgan fingerprint density at radius 3 is 2.62 bits per heavy atom. The molecule has 0 aliphatic rings. The van der Waals surface area contributed by atoms with Crippen molar-refractivity contribution in [2.45, 2.75) is 4.90 Å². The van der Waals surface area contributed by atoms with Gasteiger partial charge >= 0.3 is 0 Å². The fourth-order valence-corrected chi connectivity index (χ4v) is 3.18. The molecule has 3 aromatic rings. The SMILES string of the molecule is CS(=O)(=O)c1ccc(Oc2nc3sccn3c2C=O)cc1. The first-order valence-electron chi connectivity index (χ1n) is 5.88. The fraction of sp³-hybridized carbons (Fsp3) is 0.0769. The topological polar surface area (TPSA) is 77.7 Å². The summed E-state index contributed by atoms with van der Waals surface area (Å²) in [7, 11) is -3.25. The molecule has 2 heterocycles. The number of hydrogen-bond donors (Lipinski definition) is 0. The van der Waals surface area contributed by atoms with Gasteiger partial charge in [0, 0.05) is 17.8 Å². The zero-order chi connectivity index (χ0) is 15.0. The minimum Gasteiger partial charge on any atom is -0.437 e. The molecule has 108 valence electrons. The lowest BCUT2D eigenvalue weighted by Gasteiger charge is -2.04. The van der Waals surface area contributed by atoms with E-state index in [4.69, 9.17) is 4.74 Å². The Hall–Kier alpha value is -2.19. The van der Waals surface area contributed by atoms with Crippen molar-refractivity contribution in [3.63, 3.8) is 0 Å². The largest absolute Gasteiger partial charge is 0.437 e. The van der Waals surface area contributed by atoms with E-state index in [2.05, 4.69) is 4.98 Å². The average molecular weight is 322 g/mol. The lowest BCUT2D eigenvalue weighted by atomic mass is 10.3. The predicted octanol–water partition coefficient (Wildman–Crippen LogP) is 2.40. The number of aldehydes is 1. The van der Waals surface area contributed by atoms with E-state index < -0.39 is 9.84 Å². The third-order valence-corrected chi connectivity index (χ3v) is 4.73. The van der Waals surface area contributed by atoms with Gasteiger partial charge in [-0.2, -0.15) is 4.98 Å². The first-order valence-corrected chi connectivity index (χ1v) is 8.65. The van der Waals surface area contributed by atoms with Crippen LogP contribution in [0.5, 0.6) is 11.6 Å². The maximum atomic E-state index is 11.4. The van der Waals surface area contributed by atoms with Crippen molar-refractivity contribution in [2.24, 2.45) is 0 Å². The molecule has 3 rings (SSSR count). The quantitative estimate of drug-likeness (QED) is 0.689. The minimum absolute atomic E-state index is 0.198. The number of sulfone groups is 1. The van der Waals surface area contributed by atoms with Crippen LogP contribution in [-0.4, -0.2) is 30.3 Å². The van der Waals surface area contributed by atoms with Gasteiger partial charge in [0.05, 0.1) is 4.90 Å². The van der Waals surface area contributed by atoms with Gasteiger partial charge in [0.2, 0.25) is 5.88 Å². The number of nitrogens with zero attached hydrogens (tertiary/aromatic N) is 2. The van der Waals surface area contributed by atoms with Gasteiger partial charge in [-0.1, -0.05) is 0 Å². The van der Waals surface area contributed by atoms with E-state index in [1.54, 1.807) is 10.6 Å². The number of aromatic nitrogens is 2. The Morgan fingerprint density at radius 1 is 1.29 bits per heavy atom. The van der Waals surface area contributed by atoms with Crippen LogP contribution in [0.15, 0.2) is 40.7 Å². The first-order chi connectivity index (χ1) is 9.99. The van der Waals surface area contributed by atoms with Crippen LogP contribution in [0.1, 0.15) is 10.5 Å². The van der Waals surface area contributed by atoms with Crippen LogP contribution in [0.25, 0.3) is 4.96 Å². The van der Waals surface area contributed by atoms with Crippen LogP contribution >= 0.6 is 11.3 Å². The summed E-state index contributed by atoms with van der Waals surface area (Å²) in [4.78, 5) is 16.2. The summed E-state index contributed by atoms with van der Waals surface area (Å²) in [6.07, 6.45) is 3.54. The van der Waals surface area contributed by atoms with Gasteiger partial charge in [-0.25, -0.2) is 8.42 Å². The third kappa shape index (κ3) is 2.55. The molecule has 6 nitrogen and oxygen atoms in total. The molecule has 1 aromatic carbocycles. The molecular formula is C13H10N2O4S2. The molecule has 8 heteroatoms. The van der Waals surface area contributed by atoms with Crippen molar-refractivity contribution in [2.75, 3.05) is 6.26 Å². The molecule has 0 spiro atoms. The number of thiazole rings is 1. The lowest BCUT2D eigenvalue weighted by Crippen LogP contribution is -1.97. The highest BCUT2D eigenvalue weighted by Crippen LogP contribution is 2.27. The van der Waals surface area contributed by atoms with Crippen LogP contribution in [0.2, 0.25) is 0 Å². The van der Waals surface area contributed by atoms with E-state index in [0.717, 1.165) is 6.26 Å². The molecule has 0 N–H and O–H groups in total. The molecule has 2 aromatic heterocycles. The highest BCUT2D eigenvalue weighted by molar-refractivity contribution is 7.90. The predicted molar refractivity (Wildman–Crippen MR) is 78.1 cm³/mol. The van der Waals surface area contributed by atoms with Crippen molar-refractivity contribution < 1.29 is 17.9 Å². The number of hydrogen-bond acceptors (Lipinski definition) is 6. The van der Waals surface area contributed by atoms with E-state index in [-0.39, 0.29) is 10.8 Å². The number of carbonyl (C=O) groups is 1. The van der Waals surface area contributed by atoms with Crippen molar-refractivity contribution in [3.8, 4) is 11.6 Å². The first kappa shape index (κ1) is 13.8. The lowest BCUT2D eigenvalue weighted by molar-refractivity contribution is 0.111. The van der Waals surface area contributed by atoms with E-state index in [1.807, 2.05) is 5.38 Å². The Morgan fingerprint density at radius 2 is 2.00 bits per heavy atom. The second-order valence-electron chi connectivity index (χ2n) is 4.32. The monoisotopic (exact) mass is 322 g/mol. The Labute approximate surface area is 124 Å². The number of ether oxygens (including phenoxy) is 1. The standard InChI is InChI=1S/C13H10N2O4S2/c1-21(17,18)10-4-2-9(3-5-10)19-12-11(8-16)15-6-7-20-13(15)14-12/h2-8H,1H3. The van der Waals surface area contributed by atoms with E-state index in [9.17, 15) is 13.2 Å². The summed E-state index contributed by atoms with van der Waals surface area (Å²) in [5.41, 5.74) is 0.318. The summed E-state index contributed by atoms with van der Waals surface area (Å²) < 4.78 is 30.0. The van der Waals surface area contributed by atoms with Crippen LogP contribution in [0.4, 0.5) is 0 Å². The molecule has 0 saturated heterocycles. The Bertz CT molecular complexity index is 907.